The van der Waals surface area contributed by atoms with Crippen LogP contribution >= 0.6 is 11.3 Å². The van der Waals surface area contributed by atoms with Crippen molar-refractivity contribution in [1.29, 1.82) is 5.26 Å². The Balaban J connectivity index is 1.61. The van der Waals surface area contributed by atoms with Crippen LogP contribution in [0.3, 0.4) is 0 Å². The van der Waals surface area contributed by atoms with Gasteiger partial charge in [0.1, 0.15) is 6.20 Å². The van der Waals surface area contributed by atoms with Crippen molar-refractivity contribution in [3.05, 3.63) is 76.5 Å². The molecular formula is C21H20N6O2S. The van der Waals surface area contributed by atoms with Gasteiger partial charge in [0.25, 0.3) is 0 Å². The van der Waals surface area contributed by atoms with E-state index in [2.05, 4.69) is 38.3 Å². The summed E-state index contributed by atoms with van der Waals surface area (Å²) in [5.74, 6) is 0. The van der Waals surface area contributed by atoms with Gasteiger partial charge >= 0.3 is 5.00 Å². The van der Waals surface area contributed by atoms with E-state index < -0.39 is 4.92 Å². The molecule has 0 atom stereocenters. The minimum absolute atomic E-state index is 0.0667. The fourth-order valence-corrected chi connectivity index (χ4v) is 3.45. The molecule has 30 heavy (non-hydrogen) atoms. The van der Waals surface area contributed by atoms with E-state index in [1.165, 1.54) is 11.8 Å². The monoisotopic (exact) mass is 420 g/mol. The molecule has 152 valence electrons. The van der Waals surface area contributed by atoms with Crippen molar-refractivity contribution in [3.8, 4) is 6.07 Å². The first-order valence-corrected chi connectivity index (χ1v) is 10.3. The van der Waals surface area contributed by atoms with E-state index >= 15 is 0 Å². The lowest BCUT2D eigenvalue weighted by molar-refractivity contribution is -0.380. The minimum Gasteiger partial charge on any atom is -0.370 e. The van der Waals surface area contributed by atoms with Crippen molar-refractivity contribution in [1.82, 2.24) is 4.98 Å². The molecule has 0 bridgehead atoms. The molecular weight excluding hydrogens is 400 g/mol. The molecule has 3 aromatic rings. The van der Waals surface area contributed by atoms with Crippen LogP contribution in [-0.4, -0.2) is 23.0 Å². The van der Waals surface area contributed by atoms with Crippen molar-refractivity contribution in [3.63, 3.8) is 0 Å². The molecule has 8 nitrogen and oxygen atoms in total. The molecule has 0 fully saturated rings. The Morgan fingerprint density at radius 1 is 1.10 bits per heavy atom. The van der Waals surface area contributed by atoms with Gasteiger partial charge in [0.05, 0.1) is 23.1 Å². The summed E-state index contributed by atoms with van der Waals surface area (Å²) in [4.78, 5) is 16.3. The Labute approximate surface area is 178 Å². The molecule has 0 radical (unpaired) electrons. The van der Waals surface area contributed by atoms with Gasteiger partial charge in [0, 0.05) is 18.8 Å². The van der Waals surface area contributed by atoms with Gasteiger partial charge in [-0.3, -0.25) is 10.1 Å². The van der Waals surface area contributed by atoms with Crippen LogP contribution in [0, 0.1) is 21.4 Å². The Hall–Kier alpha value is -3.64. The summed E-state index contributed by atoms with van der Waals surface area (Å²) in [5, 5.41) is 27.9. The summed E-state index contributed by atoms with van der Waals surface area (Å²) in [6.45, 7) is 1.51. The molecule has 0 saturated carbocycles. The zero-order valence-electron chi connectivity index (χ0n) is 16.2. The summed E-state index contributed by atoms with van der Waals surface area (Å²) in [7, 11) is 0. The SMILES string of the molecule is N#CCCN(CCCc1ccccc1)c1ccc(N=Nc2ncc([N+](=O)[O-])s2)cc1. The van der Waals surface area contributed by atoms with E-state index in [1.807, 2.05) is 42.5 Å². The summed E-state index contributed by atoms with van der Waals surface area (Å²) in [5.41, 5.74) is 2.94. The van der Waals surface area contributed by atoms with Gasteiger partial charge in [-0.2, -0.15) is 5.26 Å². The summed E-state index contributed by atoms with van der Waals surface area (Å²) in [6, 6.07) is 20.1. The highest BCUT2D eigenvalue weighted by atomic mass is 32.1. The number of thiazole rings is 1. The predicted octanol–water partition coefficient (Wildman–Crippen LogP) is 5.82. The van der Waals surface area contributed by atoms with Crippen molar-refractivity contribution in [2.45, 2.75) is 19.3 Å². The molecule has 0 unspecified atom stereocenters. The fraction of sp³-hybridized carbons (Fsp3) is 0.238. The highest BCUT2D eigenvalue weighted by molar-refractivity contribution is 7.18. The molecule has 0 aliphatic carbocycles. The minimum atomic E-state index is -0.501. The number of hydrogen-bond acceptors (Lipinski definition) is 8. The van der Waals surface area contributed by atoms with E-state index in [0.717, 1.165) is 36.4 Å². The second-order valence-electron chi connectivity index (χ2n) is 6.44. The van der Waals surface area contributed by atoms with Crippen LogP contribution in [0.2, 0.25) is 0 Å². The van der Waals surface area contributed by atoms with Gasteiger partial charge < -0.3 is 4.90 Å². The first kappa shape index (κ1) is 21.1. The molecule has 0 saturated heterocycles. The van der Waals surface area contributed by atoms with Gasteiger partial charge in [-0.25, -0.2) is 4.98 Å². The standard InChI is InChI=1S/C21H20N6O2S/c22-13-5-15-26(14-4-8-17-6-2-1-3-7-17)19-11-9-18(10-12-19)24-25-21-23-16-20(30-21)27(28)29/h1-3,6-7,9-12,16H,4-5,8,14-15H2. The number of rotatable bonds is 10. The maximum atomic E-state index is 10.7. The first-order chi connectivity index (χ1) is 14.7. The molecule has 0 aliphatic heterocycles. The number of hydrogen-bond donors (Lipinski definition) is 0. The van der Waals surface area contributed by atoms with Gasteiger partial charge in [0.2, 0.25) is 5.13 Å². The molecule has 0 aliphatic rings. The highest BCUT2D eigenvalue weighted by Crippen LogP contribution is 2.29. The van der Waals surface area contributed by atoms with Crippen LogP contribution in [0.5, 0.6) is 0 Å². The number of aryl methyl sites for hydroxylation is 1. The zero-order chi connectivity index (χ0) is 21.2. The lowest BCUT2D eigenvalue weighted by Crippen LogP contribution is -2.25. The quantitative estimate of drug-likeness (QED) is 0.233. The van der Waals surface area contributed by atoms with Gasteiger partial charge in [-0.1, -0.05) is 30.3 Å². The number of azo groups is 1. The fourth-order valence-electron chi connectivity index (χ4n) is 2.89. The van der Waals surface area contributed by atoms with Gasteiger partial charge in [0.15, 0.2) is 0 Å². The third-order valence-corrected chi connectivity index (χ3v) is 5.19. The normalized spacial score (nSPS) is 10.8. The van der Waals surface area contributed by atoms with Crippen molar-refractivity contribution < 1.29 is 4.92 Å². The molecule has 0 spiro atoms. The predicted molar refractivity (Wildman–Crippen MR) is 117 cm³/mol. The maximum Gasteiger partial charge on any atom is 0.345 e. The maximum absolute atomic E-state index is 10.7. The number of benzene rings is 2. The molecule has 2 aromatic carbocycles. The van der Waals surface area contributed by atoms with Crippen LogP contribution in [0.1, 0.15) is 18.4 Å². The Kier molecular flexibility index (Phi) is 7.58. The molecule has 1 aromatic heterocycles. The van der Waals surface area contributed by atoms with Gasteiger partial charge in [-0.05, 0) is 54.0 Å². The number of anilines is 1. The number of nitrogens with zero attached hydrogens (tertiary/aromatic N) is 6. The summed E-state index contributed by atoms with van der Waals surface area (Å²) >= 11 is 0.875. The van der Waals surface area contributed by atoms with Crippen LogP contribution < -0.4 is 4.90 Å². The second-order valence-corrected chi connectivity index (χ2v) is 7.43. The lowest BCUT2D eigenvalue weighted by atomic mass is 10.1. The highest BCUT2D eigenvalue weighted by Gasteiger charge is 2.11. The summed E-state index contributed by atoms with van der Waals surface area (Å²) < 4.78 is 0. The Bertz CT molecular complexity index is 1030. The molecule has 0 amide bonds. The lowest BCUT2D eigenvalue weighted by Gasteiger charge is -2.24. The van der Waals surface area contributed by atoms with Gasteiger partial charge in [-0.15, -0.1) is 10.2 Å². The topological polar surface area (TPSA) is 108 Å². The number of nitriles is 1. The third kappa shape index (κ3) is 6.18. The van der Waals surface area contributed by atoms with E-state index in [9.17, 15) is 10.1 Å². The van der Waals surface area contributed by atoms with E-state index in [0.29, 0.717) is 18.7 Å². The van der Waals surface area contributed by atoms with E-state index in [-0.39, 0.29) is 10.1 Å². The smallest absolute Gasteiger partial charge is 0.345 e. The zero-order valence-corrected chi connectivity index (χ0v) is 17.0. The Morgan fingerprint density at radius 2 is 1.87 bits per heavy atom. The van der Waals surface area contributed by atoms with Crippen LogP contribution in [0.4, 0.5) is 21.5 Å². The number of nitro groups is 1. The second kappa shape index (κ2) is 10.8. The molecule has 9 heteroatoms. The summed E-state index contributed by atoms with van der Waals surface area (Å²) in [6.07, 6.45) is 3.59. The third-order valence-electron chi connectivity index (χ3n) is 4.36. The van der Waals surface area contributed by atoms with Crippen LogP contribution in [0.25, 0.3) is 0 Å². The average molecular weight is 420 g/mol. The van der Waals surface area contributed by atoms with E-state index in [4.69, 9.17) is 5.26 Å². The Morgan fingerprint density at radius 3 is 2.53 bits per heavy atom. The van der Waals surface area contributed by atoms with E-state index in [1.54, 1.807) is 0 Å². The molecule has 0 N–H and O–H groups in total. The van der Waals surface area contributed by atoms with Crippen molar-refractivity contribution >= 4 is 32.8 Å². The van der Waals surface area contributed by atoms with Crippen LogP contribution in [-0.2, 0) is 6.42 Å². The largest absolute Gasteiger partial charge is 0.370 e. The average Bonchev–Trinajstić information content (AvgIpc) is 3.25. The van der Waals surface area contributed by atoms with Crippen LogP contribution in [0.15, 0.2) is 71.0 Å². The number of aromatic nitrogens is 1. The molecule has 3 rings (SSSR count). The first-order valence-electron chi connectivity index (χ1n) is 9.43. The van der Waals surface area contributed by atoms with Crippen molar-refractivity contribution in [2.24, 2.45) is 10.2 Å². The van der Waals surface area contributed by atoms with Crippen molar-refractivity contribution in [2.75, 3.05) is 18.0 Å². The molecule has 1 heterocycles.